The highest BCUT2D eigenvalue weighted by atomic mass is 28.4. The Hall–Kier alpha value is -4.75. The maximum atomic E-state index is 13.7. The lowest BCUT2D eigenvalue weighted by Gasteiger charge is -2.34. The Morgan fingerprint density at radius 3 is 1.31 bits per heavy atom. The predicted molar refractivity (Wildman–Crippen MR) is 422 cm³/mol. The van der Waals surface area contributed by atoms with Gasteiger partial charge >= 0.3 is 59.7 Å². The van der Waals surface area contributed by atoms with E-state index in [2.05, 4.69) is 48.8 Å². The molecule has 0 aromatic carbocycles. The Morgan fingerprint density at radius 2 is 0.860 bits per heavy atom. The number of esters is 8. The van der Waals surface area contributed by atoms with Crippen molar-refractivity contribution in [2.75, 3.05) is 86.4 Å². The molecule has 2 heterocycles. The number of ketones is 1. The number of rotatable bonds is 68. The van der Waals surface area contributed by atoms with Crippen LogP contribution in [0.2, 0.25) is 95.7 Å². The highest BCUT2D eigenvalue weighted by Crippen LogP contribution is 2.33. The van der Waals surface area contributed by atoms with E-state index in [1.165, 1.54) is 7.11 Å². The molecule has 10 N–H and O–H groups in total. The monoisotopic (exact) mass is 1720 g/mol. The lowest BCUT2D eigenvalue weighted by atomic mass is 9.91. The predicted octanol–water partition coefficient (Wildman–Crippen LogP) is 5.84. The van der Waals surface area contributed by atoms with E-state index in [4.69, 9.17) is 55.7 Å². The van der Waals surface area contributed by atoms with Crippen molar-refractivity contribution in [3.8, 4) is 0 Å². The van der Waals surface area contributed by atoms with Crippen LogP contribution in [0.3, 0.4) is 0 Å². The van der Waals surface area contributed by atoms with Gasteiger partial charge in [-0.2, -0.15) is 0 Å². The molecule has 2 aliphatic heterocycles. The number of aliphatic carboxylic acids is 2. The molecule has 13 unspecified atom stereocenters. The van der Waals surface area contributed by atoms with Gasteiger partial charge in [0.1, 0.15) is 43.4 Å². The van der Waals surface area contributed by atoms with Crippen molar-refractivity contribution in [2.45, 2.75) is 280 Å². The first-order valence-electron chi connectivity index (χ1n) is 40.0. The van der Waals surface area contributed by atoms with Crippen molar-refractivity contribution < 1.29 is 164 Å². The molecule has 660 valence electrons. The zero-order valence-corrected chi connectivity index (χ0v) is 74.2. The molecule has 0 aliphatic carbocycles. The van der Waals surface area contributed by atoms with Crippen LogP contribution < -0.4 is 0 Å². The van der Waals surface area contributed by atoms with Gasteiger partial charge in [0.05, 0.1) is 134 Å². The Bertz CT molecular complexity index is 2920. The molecule has 0 radical (unpaired) electrons. The second-order valence-corrected chi connectivity index (χ2v) is 55.6. The number of aliphatic hydroxyl groups excluding tert-OH is 7. The summed E-state index contributed by atoms with van der Waals surface area (Å²) in [5, 5.41) is 101. The topological polar surface area (TPSA) is 510 Å². The van der Waals surface area contributed by atoms with Crippen LogP contribution in [0.4, 0.5) is 0 Å². The summed E-state index contributed by atoms with van der Waals surface area (Å²) < 4.78 is 71.9. The molecule has 0 amide bonds. The van der Waals surface area contributed by atoms with Crippen LogP contribution >= 0.6 is 0 Å². The van der Waals surface area contributed by atoms with Gasteiger partial charge in [0.25, 0.3) is 0 Å². The number of carbonyl (C=O) groups is 11. The number of ether oxygens (including phenoxy) is 10. The molecule has 34 nitrogen and oxygen atoms in total. The summed E-state index contributed by atoms with van der Waals surface area (Å²) in [5.74, 6) is -13.4. The molecular formula is C75H136O34Si5. The number of unbranched alkanes of at least 4 members (excludes halogenated alkanes) is 2. The number of cyclic esters (lactones) is 4. The first-order chi connectivity index (χ1) is 53.2. The van der Waals surface area contributed by atoms with Crippen molar-refractivity contribution >= 4 is 107 Å². The minimum absolute atomic E-state index is 0.0659. The largest absolute Gasteiger partial charge is 0.481 e. The van der Waals surface area contributed by atoms with E-state index in [-0.39, 0.29) is 90.4 Å². The Kier molecular flexibility index (Phi) is 50.3. The minimum Gasteiger partial charge on any atom is -0.481 e. The number of aliphatic hydroxyl groups is 8. The van der Waals surface area contributed by atoms with Gasteiger partial charge in [0, 0.05) is 25.4 Å². The van der Waals surface area contributed by atoms with E-state index >= 15 is 0 Å². The molecule has 0 saturated carbocycles. The van der Waals surface area contributed by atoms with E-state index in [0.29, 0.717) is 88.9 Å². The number of Topliss-reactive ketones (excluding diaryl/α,β-unsaturated/α-hetero) is 1. The first kappa shape index (κ1) is 105. The lowest BCUT2D eigenvalue weighted by Crippen LogP contribution is -2.44. The molecule has 114 heavy (non-hydrogen) atoms. The van der Waals surface area contributed by atoms with Crippen LogP contribution in [0.5, 0.6) is 0 Å². The van der Waals surface area contributed by atoms with Gasteiger partial charge in [0.15, 0.2) is 54.0 Å². The molecule has 0 spiro atoms. The number of methoxy groups -OCH3 is 1. The second-order valence-electron chi connectivity index (χ2n) is 33.5. The molecular weight excluding hydrogens is 1590 g/mol. The summed E-state index contributed by atoms with van der Waals surface area (Å²) in [4.78, 5) is 137. The third kappa shape index (κ3) is 48.4. The van der Waals surface area contributed by atoms with E-state index in [1.54, 1.807) is 6.92 Å². The van der Waals surface area contributed by atoms with E-state index in [1.807, 2.05) is 26.2 Å². The highest BCUT2D eigenvalue weighted by molar-refractivity contribution is 6.85. The zero-order chi connectivity index (χ0) is 86.0. The fourth-order valence-corrected chi connectivity index (χ4v) is 33.3. The standard InChI is InChI=1S/C75H136O34Si5/c1-51(33-58(77)34-55(73(94)97-2)24-18-30-112(7,8)109-114(11,12)32-20-26-57-39-69(87)107-75(57)96)64(82)50-101-45-61(80)44-100-48-63(49-103-66(84)36-53(71(90)91)23-17-29-111(5,6)108-113(9,10)31-19-25-56-38-68(86)106-74(56)95)105-67(85)37-54(72(92)93)22-16-28-110(3,4)104-27-15-13-14-21-52(70(88)89)35-65(83)102-47-62(81)46-99-43-60(79)42-98-41-59(78)40-76/h51-57,59-64,72,76,78-82,92-93H,13-50H2,1-12H3,(H,88,89)(H,90,91). The highest BCUT2D eigenvalue weighted by Gasteiger charge is 2.40. The van der Waals surface area contributed by atoms with E-state index < -0.39 is 238 Å². The fourth-order valence-electron chi connectivity index (χ4n) is 13.6. The molecule has 13 atom stereocenters. The first-order valence-corrected chi connectivity index (χ1v) is 55.6. The van der Waals surface area contributed by atoms with Crippen LogP contribution in [0.25, 0.3) is 0 Å². The summed E-state index contributed by atoms with van der Waals surface area (Å²) in [5.41, 5.74) is 0. The fraction of sp³-hybridized carbons (Fsp3) is 0.853. The van der Waals surface area contributed by atoms with Gasteiger partial charge in [-0.3, -0.25) is 52.7 Å². The molecule has 2 aliphatic rings. The lowest BCUT2D eigenvalue weighted by molar-refractivity contribution is -0.168. The van der Waals surface area contributed by atoms with E-state index in [9.17, 15) is 98.7 Å². The summed E-state index contributed by atoms with van der Waals surface area (Å²) in [6.07, 6.45) is -4.54. The van der Waals surface area contributed by atoms with Crippen LogP contribution in [0, 0.1) is 41.4 Å². The number of hydrogen-bond donors (Lipinski definition) is 10. The van der Waals surface area contributed by atoms with Crippen molar-refractivity contribution in [3.63, 3.8) is 0 Å². The smallest absolute Gasteiger partial charge is 0.317 e. The minimum atomic E-state index is -2.39. The molecule has 2 rings (SSSR count). The summed E-state index contributed by atoms with van der Waals surface area (Å²) in [6.45, 7) is 18.4. The Morgan fingerprint density at radius 1 is 0.447 bits per heavy atom. The normalized spacial score (nSPS) is 18.1. The summed E-state index contributed by atoms with van der Waals surface area (Å²) >= 11 is 0. The average molecular weight is 1720 g/mol. The quantitative estimate of drug-likeness (QED) is 0.00854. The van der Waals surface area contributed by atoms with Gasteiger partial charge < -0.3 is 111 Å². The van der Waals surface area contributed by atoms with Crippen molar-refractivity contribution in [1.29, 1.82) is 0 Å². The molecule has 0 bridgehead atoms. The molecule has 0 aromatic heterocycles. The number of carbonyl (C=O) groups excluding carboxylic acids is 9. The number of carboxylic acid groups (broad SMARTS) is 2. The third-order valence-corrected chi connectivity index (χ3v) is 37.4. The molecule has 2 saturated heterocycles. The van der Waals surface area contributed by atoms with Gasteiger partial charge in [-0.05, 0) is 147 Å². The number of hydrogen-bond acceptors (Lipinski definition) is 32. The molecule has 0 aromatic rings. The van der Waals surface area contributed by atoms with Crippen LogP contribution in [-0.2, 0) is 113 Å². The summed E-state index contributed by atoms with van der Waals surface area (Å²) in [7, 11) is -10.2. The van der Waals surface area contributed by atoms with Crippen molar-refractivity contribution in [3.05, 3.63) is 0 Å². The van der Waals surface area contributed by atoms with Crippen LogP contribution in [0.15, 0.2) is 0 Å². The average Bonchev–Trinajstić information content (AvgIpc) is 1.52. The zero-order valence-electron chi connectivity index (χ0n) is 69.2. The van der Waals surface area contributed by atoms with Gasteiger partial charge in [-0.15, -0.1) is 0 Å². The third-order valence-electron chi connectivity index (χ3n) is 19.8. The van der Waals surface area contributed by atoms with Gasteiger partial charge in [-0.1, -0.05) is 51.9 Å². The van der Waals surface area contributed by atoms with Gasteiger partial charge in [0.2, 0.25) is 0 Å². The SMILES string of the molecule is COC(=O)C(CCC[Si](C)(C)O[Si](C)(C)CCCC1CC(=O)OC1=O)CC(=O)CC(C)C(O)COCC(O)COCC(COC(=O)CC(CCC[Si](C)(C)O[Si](C)(C)CCCC1CC(=O)OC1=O)C(=O)O)OC(=O)CC(CCC[Si](C)(C)OCCCCCC(CC(=O)OCC(O)COCC(O)COCC(O)CO)C(=O)O)C(O)O. The van der Waals surface area contributed by atoms with Crippen LogP contribution in [-0.4, -0.2) is 287 Å². The Labute approximate surface area is 675 Å². The molecule has 39 heteroatoms. The number of carboxylic acids is 2. The van der Waals surface area contributed by atoms with Gasteiger partial charge in [-0.25, -0.2) is 0 Å². The van der Waals surface area contributed by atoms with Crippen molar-refractivity contribution in [2.24, 2.45) is 41.4 Å². The van der Waals surface area contributed by atoms with E-state index in [0.717, 1.165) is 18.5 Å². The summed E-state index contributed by atoms with van der Waals surface area (Å²) in [6, 6.07) is 3.36. The molecule has 2 fully saturated rings. The van der Waals surface area contributed by atoms with Crippen LogP contribution in [0.1, 0.15) is 142 Å². The maximum Gasteiger partial charge on any atom is 0.317 e. The second kappa shape index (κ2) is 54.4. The maximum absolute atomic E-state index is 13.7. The Balaban J connectivity index is 2.00. The van der Waals surface area contributed by atoms with Crippen molar-refractivity contribution in [1.82, 2.24) is 0 Å².